The van der Waals surface area contributed by atoms with Crippen LogP contribution >= 0.6 is 0 Å². The summed E-state index contributed by atoms with van der Waals surface area (Å²) in [5, 5.41) is 2.65. The van der Waals surface area contributed by atoms with Crippen LogP contribution in [-0.2, 0) is 14.3 Å². The third-order valence-electron chi connectivity index (χ3n) is 3.22. The van der Waals surface area contributed by atoms with Crippen molar-refractivity contribution in [3.63, 3.8) is 0 Å². The Morgan fingerprint density at radius 1 is 1.26 bits per heavy atom. The summed E-state index contributed by atoms with van der Waals surface area (Å²) in [6, 6.07) is 2.73. The molecule has 1 saturated heterocycles. The molecule has 0 radical (unpaired) electrons. The van der Waals surface area contributed by atoms with E-state index in [2.05, 4.69) is 5.32 Å². The van der Waals surface area contributed by atoms with Crippen LogP contribution in [0, 0.1) is 0 Å². The van der Waals surface area contributed by atoms with Gasteiger partial charge in [-0.25, -0.2) is 9.59 Å². The second-order valence-electron chi connectivity index (χ2n) is 6.11. The van der Waals surface area contributed by atoms with E-state index in [-0.39, 0.29) is 5.97 Å². The van der Waals surface area contributed by atoms with Crippen molar-refractivity contribution in [3.8, 4) is 0 Å². The van der Waals surface area contributed by atoms with E-state index in [1.165, 1.54) is 32.0 Å². The molecule has 1 atom stereocenters. The number of carbonyl (C=O) groups excluding carboxylic acids is 2. The molecule has 0 saturated carbocycles. The van der Waals surface area contributed by atoms with Crippen molar-refractivity contribution in [2.45, 2.75) is 63.4 Å². The zero-order chi connectivity index (χ0) is 14.5. The Bertz CT molecular complexity index is 321. The van der Waals surface area contributed by atoms with E-state index in [1.807, 2.05) is 0 Å². The van der Waals surface area contributed by atoms with E-state index in [4.69, 9.17) is 9.47 Å². The molecule has 0 aromatic carbocycles. The number of amides is 1. The summed E-state index contributed by atoms with van der Waals surface area (Å²) in [4.78, 5) is 23.5. The lowest BCUT2D eigenvalue weighted by Gasteiger charge is -2.23. The Balaban J connectivity index is 2.53. The number of methoxy groups -OCH3 is 1. The summed E-state index contributed by atoms with van der Waals surface area (Å²) in [6.07, 6.45) is 1.98. The molecule has 1 N–H and O–H groups in total. The zero-order valence-electron chi connectivity index (χ0n) is 12.3. The molecule has 1 aliphatic rings. The van der Waals surface area contributed by atoms with Gasteiger partial charge in [0, 0.05) is 8.80 Å². The minimum atomic E-state index is -0.892. The van der Waals surface area contributed by atoms with Crippen LogP contribution in [-0.4, -0.2) is 39.6 Å². The van der Waals surface area contributed by atoms with Crippen molar-refractivity contribution in [2.24, 2.45) is 0 Å². The maximum Gasteiger partial charge on any atom is 0.408 e. The molecule has 6 heteroatoms. The third-order valence-corrected chi connectivity index (χ3v) is 6.81. The van der Waals surface area contributed by atoms with Gasteiger partial charge in [0.05, 0.1) is 7.11 Å². The second kappa shape index (κ2) is 6.93. The molecule has 110 valence electrons. The normalized spacial score (nSPS) is 17.9. The molecule has 1 aliphatic heterocycles. The van der Waals surface area contributed by atoms with Gasteiger partial charge in [-0.05, 0) is 26.8 Å². The first-order valence-corrected chi connectivity index (χ1v) is 9.34. The van der Waals surface area contributed by atoms with Crippen LogP contribution in [0.1, 0.15) is 33.6 Å². The molecule has 0 bridgehead atoms. The average Bonchev–Trinajstić information content (AvgIpc) is 2.77. The molecule has 0 aromatic rings. The molecular formula is C13H25NO4Si. The van der Waals surface area contributed by atoms with Crippen molar-refractivity contribution < 1.29 is 19.1 Å². The van der Waals surface area contributed by atoms with Crippen molar-refractivity contribution in [1.82, 2.24) is 5.32 Å². The van der Waals surface area contributed by atoms with Gasteiger partial charge in [0.1, 0.15) is 11.6 Å². The smallest absolute Gasteiger partial charge is 0.408 e. The number of carbonyl (C=O) groups is 2. The monoisotopic (exact) mass is 287 g/mol. The SMILES string of the molecule is COC(=O)[C@H](C[SiH]1CCCC1)NC(=O)OC(C)(C)C. The fourth-order valence-electron chi connectivity index (χ4n) is 2.39. The molecule has 5 nitrogen and oxygen atoms in total. The molecule has 0 unspecified atom stereocenters. The number of hydrogen-bond acceptors (Lipinski definition) is 4. The maximum atomic E-state index is 11.7. The number of esters is 1. The molecule has 0 aliphatic carbocycles. The summed E-state index contributed by atoms with van der Waals surface area (Å²) >= 11 is 0. The summed E-state index contributed by atoms with van der Waals surface area (Å²) in [6.45, 7) is 5.39. The molecule has 0 spiro atoms. The van der Waals surface area contributed by atoms with E-state index >= 15 is 0 Å². The van der Waals surface area contributed by atoms with Crippen LogP contribution in [0.4, 0.5) is 4.79 Å². The van der Waals surface area contributed by atoms with Gasteiger partial charge in [-0.15, -0.1) is 0 Å². The van der Waals surface area contributed by atoms with E-state index in [1.54, 1.807) is 20.8 Å². The van der Waals surface area contributed by atoms with Gasteiger partial charge >= 0.3 is 12.1 Å². The van der Waals surface area contributed by atoms with E-state index in [0.29, 0.717) is 0 Å². The first-order chi connectivity index (χ1) is 8.81. The largest absolute Gasteiger partial charge is 0.467 e. The summed E-state index contributed by atoms with van der Waals surface area (Å²) in [5.74, 6) is -0.370. The van der Waals surface area contributed by atoms with Crippen molar-refractivity contribution >= 4 is 20.9 Å². The lowest BCUT2D eigenvalue weighted by atomic mass is 10.2. The quantitative estimate of drug-likeness (QED) is 0.635. The molecule has 1 amide bonds. The second-order valence-corrected chi connectivity index (χ2v) is 9.47. The topological polar surface area (TPSA) is 64.6 Å². The number of rotatable bonds is 4. The van der Waals surface area contributed by atoms with Crippen LogP contribution in [0.5, 0.6) is 0 Å². The van der Waals surface area contributed by atoms with Gasteiger partial charge in [-0.3, -0.25) is 0 Å². The third kappa shape index (κ3) is 6.09. The summed E-state index contributed by atoms with van der Waals surface area (Å²) in [7, 11) is 0.458. The molecule has 19 heavy (non-hydrogen) atoms. The maximum absolute atomic E-state index is 11.7. The molecule has 1 rings (SSSR count). The minimum Gasteiger partial charge on any atom is -0.467 e. The van der Waals surface area contributed by atoms with Crippen LogP contribution < -0.4 is 5.32 Å². The van der Waals surface area contributed by atoms with Gasteiger partial charge < -0.3 is 14.8 Å². The fraction of sp³-hybridized carbons (Fsp3) is 0.846. The fourth-order valence-corrected chi connectivity index (χ4v) is 5.85. The van der Waals surface area contributed by atoms with Crippen LogP contribution in [0.15, 0.2) is 0 Å². The van der Waals surface area contributed by atoms with Crippen molar-refractivity contribution in [1.29, 1.82) is 0 Å². The van der Waals surface area contributed by atoms with E-state index < -0.39 is 26.5 Å². The number of ether oxygens (including phenoxy) is 2. The molecular weight excluding hydrogens is 262 g/mol. The summed E-state index contributed by atoms with van der Waals surface area (Å²) < 4.78 is 9.95. The highest BCUT2D eigenvalue weighted by molar-refractivity contribution is 6.60. The van der Waals surface area contributed by atoms with Gasteiger partial charge in [0.25, 0.3) is 0 Å². The Morgan fingerprint density at radius 2 is 1.84 bits per heavy atom. The van der Waals surface area contributed by atoms with Crippen molar-refractivity contribution in [3.05, 3.63) is 0 Å². The van der Waals surface area contributed by atoms with Crippen LogP contribution in [0.2, 0.25) is 18.1 Å². The highest BCUT2D eigenvalue weighted by Crippen LogP contribution is 2.23. The predicted octanol–water partition coefficient (Wildman–Crippen LogP) is 2.07. The highest BCUT2D eigenvalue weighted by Gasteiger charge is 2.29. The Morgan fingerprint density at radius 3 is 2.32 bits per heavy atom. The molecule has 0 aromatic heterocycles. The van der Waals surface area contributed by atoms with E-state index in [9.17, 15) is 9.59 Å². The first-order valence-electron chi connectivity index (χ1n) is 6.89. The van der Waals surface area contributed by atoms with E-state index in [0.717, 1.165) is 6.04 Å². The zero-order valence-corrected chi connectivity index (χ0v) is 13.5. The minimum absolute atomic E-state index is 0.370. The van der Waals surface area contributed by atoms with Crippen LogP contribution in [0.25, 0.3) is 0 Å². The first kappa shape index (κ1) is 16.0. The lowest BCUT2D eigenvalue weighted by molar-refractivity contribution is -0.142. The Hall–Kier alpha value is -1.04. The van der Waals surface area contributed by atoms with Gasteiger partial charge in [0.15, 0.2) is 0 Å². The Kier molecular flexibility index (Phi) is 5.84. The molecule has 1 fully saturated rings. The van der Waals surface area contributed by atoms with Gasteiger partial charge in [-0.1, -0.05) is 24.9 Å². The average molecular weight is 287 g/mol. The number of nitrogens with one attached hydrogen (secondary N) is 1. The highest BCUT2D eigenvalue weighted by atomic mass is 28.3. The lowest BCUT2D eigenvalue weighted by Crippen LogP contribution is -2.45. The Labute approximate surface area is 116 Å². The number of hydrogen-bond donors (Lipinski definition) is 1. The number of alkyl carbamates (subject to hydrolysis) is 1. The van der Waals surface area contributed by atoms with Crippen LogP contribution in [0.3, 0.4) is 0 Å². The predicted molar refractivity (Wildman–Crippen MR) is 76.0 cm³/mol. The molecule has 1 heterocycles. The van der Waals surface area contributed by atoms with Gasteiger partial charge in [-0.2, -0.15) is 0 Å². The standard InChI is InChI=1S/C13H25NO4Si/c1-13(2,3)18-12(16)14-10(11(15)17-4)9-19-7-5-6-8-19/h10,19H,5-9H2,1-4H3,(H,14,16)/t10-/m0/s1. The van der Waals surface area contributed by atoms with Crippen molar-refractivity contribution in [2.75, 3.05) is 7.11 Å². The summed E-state index contributed by atoms with van der Waals surface area (Å²) in [5.41, 5.74) is -0.560. The van der Waals surface area contributed by atoms with Gasteiger partial charge in [0.2, 0.25) is 0 Å².